The third kappa shape index (κ3) is 3.80. The van der Waals surface area contributed by atoms with Crippen molar-refractivity contribution in [2.45, 2.75) is 6.54 Å². The van der Waals surface area contributed by atoms with Crippen molar-refractivity contribution in [1.82, 2.24) is 9.97 Å². The van der Waals surface area contributed by atoms with Crippen LogP contribution in [0.3, 0.4) is 0 Å². The largest absolute Gasteiger partial charge is 0.496 e. The van der Waals surface area contributed by atoms with Crippen molar-refractivity contribution in [1.29, 1.82) is 0 Å². The number of aromatic nitrogens is 2. The highest BCUT2D eigenvalue weighted by molar-refractivity contribution is 6.03. The Balaban J connectivity index is 1.43. The Labute approximate surface area is 161 Å². The van der Waals surface area contributed by atoms with Crippen LogP contribution in [0.4, 0.5) is 11.5 Å². The maximum Gasteiger partial charge on any atom is 0.274 e. The Morgan fingerprint density at radius 3 is 2.86 bits per heavy atom. The minimum absolute atomic E-state index is 0.180. The number of nitrogens with one attached hydrogen (secondary N) is 2. The molecule has 4 rings (SSSR count). The third-order valence-corrected chi connectivity index (χ3v) is 4.18. The Bertz CT molecular complexity index is 1010. The molecule has 3 aromatic rings. The van der Waals surface area contributed by atoms with Crippen molar-refractivity contribution in [2.24, 2.45) is 0 Å². The maximum atomic E-state index is 12.5. The zero-order valence-electron chi connectivity index (χ0n) is 15.1. The van der Waals surface area contributed by atoms with Crippen molar-refractivity contribution < 1.29 is 19.0 Å². The highest BCUT2D eigenvalue weighted by Crippen LogP contribution is 2.34. The zero-order chi connectivity index (χ0) is 19.3. The predicted octanol–water partition coefficient (Wildman–Crippen LogP) is 3.08. The maximum absolute atomic E-state index is 12.5. The smallest absolute Gasteiger partial charge is 0.274 e. The molecule has 0 aliphatic carbocycles. The molecule has 0 radical (unpaired) electrons. The summed E-state index contributed by atoms with van der Waals surface area (Å²) in [5.41, 5.74) is 1.82. The van der Waals surface area contributed by atoms with E-state index in [1.165, 1.54) is 6.33 Å². The highest BCUT2D eigenvalue weighted by atomic mass is 16.7. The van der Waals surface area contributed by atoms with E-state index in [2.05, 4.69) is 20.6 Å². The van der Waals surface area contributed by atoms with E-state index in [-0.39, 0.29) is 18.4 Å². The van der Waals surface area contributed by atoms with Crippen molar-refractivity contribution in [2.75, 3.05) is 24.5 Å². The molecule has 142 valence electrons. The summed E-state index contributed by atoms with van der Waals surface area (Å²) >= 11 is 0. The monoisotopic (exact) mass is 378 g/mol. The first-order valence-electron chi connectivity index (χ1n) is 8.62. The molecule has 8 heteroatoms. The molecule has 0 unspecified atom stereocenters. The van der Waals surface area contributed by atoms with Gasteiger partial charge in [0, 0.05) is 29.9 Å². The van der Waals surface area contributed by atoms with Crippen molar-refractivity contribution in [3.05, 3.63) is 66.1 Å². The number of rotatable bonds is 6. The minimum atomic E-state index is -0.346. The van der Waals surface area contributed by atoms with Gasteiger partial charge in [-0.25, -0.2) is 9.97 Å². The highest BCUT2D eigenvalue weighted by Gasteiger charge is 2.15. The molecule has 8 nitrogen and oxygen atoms in total. The SMILES string of the molecule is COc1ccccc1CNc1cc(C(=O)Nc2ccc3c(c2)OCO3)ncn1. The molecule has 1 aliphatic rings. The molecular weight excluding hydrogens is 360 g/mol. The van der Waals surface area contributed by atoms with E-state index in [4.69, 9.17) is 14.2 Å². The molecule has 0 saturated heterocycles. The Kier molecular flexibility index (Phi) is 4.92. The molecule has 28 heavy (non-hydrogen) atoms. The summed E-state index contributed by atoms with van der Waals surface area (Å²) in [5, 5.41) is 5.98. The lowest BCUT2D eigenvalue weighted by Gasteiger charge is -2.10. The summed E-state index contributed by atoms with van der Waals surface area (Å²) in [7, 11) is 1.63. The van der Waals surface area contributed by atoms with Gasteiger partial charge in [-0.15, -0.1) is 0 Å². The van der Waals surface area contributed by atoms with Crippen molar-refractivity contribution in [3.8, 4) is 17.2 Å². The molecular formula is C20H18N4O4. The molecule has 2 aromatic carbocycles. The summed E-state index contributed by atoms with van der Waals surface area (Å²) in [6.07, 6.45) is 1.35. The topological polar surface area (TPSA) is 94.6 Å². The van der Waals surface area contributed by atoms with Crippen LogP contribution in [0.2, 0.25) is 0 Å². The van der Waals surface area contributed by atoms with Crippen LogP contribution in [-0.2, 0) is 6.54 Å². The van der Waals surface area contributed by atoms with Gasteiger partial charge in [0.2, 0.25) is 6.79 Å². The number of nitrogens with zero attached hydrogens (tertiary/aromatic N) is 2. The zero-order valence-corrected chi connectivity index (χ0v) is 15.1. The lowest BCUT2D eigenvalue weighted by atomic mass is 10.2. The third-order valence-electron chi connectivity index (χ3n) is 4.18. The second-order valence-corrected chi connectivity index (χ2v) is 5.98. The molecule has 1 aromatic heterocycles. The number of carbonyl (C=O) groups excluding carboxylic acids is 1. The second-order valence-electron chi connectivity index (χ2n) is 5.98. The average molecular weight is 378 g/mol. The van der Waals surface area contributed by atoms with Crippen LogP contribution in [-0.4, -0.2) is 29.8 Å². The number of methoxy groups -OCH3 is 1. The quantitative estimate of drug-likeness (QED) is 0.681. The van der Waals surface area contributed by atoms with Crippen LogP contribution in [0, 0.1) is 0 Å². The lowest BCUT2D eigenvalue weighted by Crippen LogP contribution is -2.14. The molecule has 0 atom stereocenters. The predicted molar refractivity (Wildman–Crippen MR) is 103 cm³/mol. The van der Waals surface area contributed by atoms with Crippen LogP contribution in [0.1, 0.15) is 16.1 Å². The standard InChI is InChI=1S/C20H18N4O4/c1-26-16-5-3-2-4-13(16)10-21-19-9-15(22-11-23-19)20(25)24-14-6-7-17-18(8-14)28-12-27-17/h2-9,11H,10,12H2,1H3,(H,24,25)(H,21,22,23). The van der Waals surface area contributed by atoms with Crippen LogP contribution in [0.15, 0.2) is 54.9 Å². The fourth-order valence-electron chi connectivity index (χ4n) is 2.78. The van der Waals surface area contributed by atoms with E-state index < -0.39 is 0 Å². The first-order chi connectivity index (χ1) is 13.7. The van der Waals surface area contributed by atoms with E-state index in [1.807, 2.05) is 24.3 Å². The van der Waals surface area contributed by atoms with Gasteiger partial charge in [0.15, 0.2) is 11.5 Å². The van der Waals surface area contributed by atoms with Gasteiger partial charge >= 0.3 is 0 Å². The van der Waals surface area contributed by atoms with Crippen molar-refractivity contribution >= 4 is 17.4 Å². The number of hydrogen-bond donors (Lipinski definition) is 2. The van der Waals surface area contributed by atoms with Crippen LogP contribution < -0.4 is 24.8 Å². The molecule has 0 bridgehead atoms. The van der Waals surface area contributed by atoms with Crippen molar-refractivity contribution in [3.63, 3.8) is 0 Å². The molecule has 1 aliphatic heterocycles. The number of benzene rings is 2. The van der Waals surface area contributed by atoms with E-state index in [1.54, 1.807) is 31.4 Å². The molecule has 0 spiro atoms. The summed E-state index contributed by atoms with van der Waals surface area (Å²) < 4.78 is 15.9. The molecule has 2 heterocycles. The normalized spacial score (nSPS) is 11.8. The Hall–Kier alpha value is -3.81. The average Bonchev–Trinajstić information content (AvgIpc) is 3.20. The summed E-state index contributed by atoms with van der Waals surface area (Å²) in [6, 6.07) is 14.5. The minimum Gasteiger partial charge on any atom is -0.496 e. The second kappa shape index (κ2) is 7.83. The van der Waals surface area contributed by atoms with Gasteiger partial charge < -0.3 is 24.8 Å². The summed E-state index contributed by atoms with van der Waals surface area (Å²) in [5.74, 6) is 2.23. The fourth-order valence-corrected chi connectivity index (χ4v) is 2.78. The number of para-hydroxylation sites is 1. The Morgan fingerprint density at radius 1 is 1.11 bits per heavy atom. The number of carbonyl (C=O) groups is 1. The van der Waals surface area contributed by atoms with E-state index in [9.17, 15) is 4.79 Å². The fraction of sp³-hybridized carbons (Fsp3) is 0.150. The first-order valence-corrected chi connectivity index (χ1v) is 8.62. The van der Waals surface area contributed by atoms with E-state index in [0.29, 0.717) is 29.5 Å². The van der Waals surface area contributed by atoms with Crippen LogP contribution in [0.25, 0.3) is 0 Å². The van der Waals surface area contributed by atoms with Gasteiger partial charge in [-0.1, -0.05) is 18.2 Å². The van der Waals surface area contributed by atoms with Gasteiger partial charge in [0.25, 0.3) is 5.91 Å². The molecule has 2 N–H and O–H groups in total. The van der Waals surface area contributed by atoms with Gasteiger partial charge in [-0.2, -0.15) is 0 Å². The lowest BCUT2D eigenvalue weighted by molar-refractivity contribution is 0.102. The van der Waals surface area contributed by atoms with E-state index in [0.717, 1.165) is 11.3 Å². The van der Waals surface area contributed by atoms with Gasteiger partial charge in [0.1, 0.15) is 23.6 Å². The Morgan fingerprint density at radius 2 is 1.96 bits per heavy atom. The van der Waals surface area contributed by atoms with Gasteiger partial charge in [-0.3, -0.25) is 4.79 Å². The summed E-state index contributed by atoms with van der Waals surface area (Å²) in [6.45, 7) is 0.685. The van der Waals surface area contributed by atoms with Gasteiger partial charge in [-0.05, 0) is 18.2 Å². The molecule has 0 saturated carbocycles. The van der Waals surface area contributed by atoms with Crippen LogP contribution >= 0.6 is 0 Å². The number of fused-ring (bicyclic) bond motifs is 1. The van der Waals surface area contributed by atoms with Gasteiger partial charge in [0.05, 0.1) is 7.11 Å². The summed E-state index contributed by atoms with van der Waals surface area (Å²) in [4.78, 5) is 20.7. The number of ether oxygens (including phenoxy) is 3. The van der Waals surface area contributed by atoms with Crippen LogP contribution in [0.5, 0.6) is 17.2 Å². The number of hydrogen-bond acceptors (Lipinski definition) is 7. The van der Waals surface area contributed by atoms with E-state index >= 15 is 0 Å². The number of anilines is 2. The number of amides is 1. The molecule has 0 fully saturated rings. The molecule has 1 amide bonds. The first kappa shape index (κ1) is 17.6.